The summed E-state index contributed by atoms with van der Waals surface area (Å²) in [4.78, 5) is 2.23. The van der Waals surface area contributed by atoms with Gasteiger partial charge in [-0.05, 0) is 56.6 Å². The van der Waals surface area contributed by atoms with Crippen molar-refractivity contribution in [3.05, 3.63) is 56.8 Å². The van der Waals surface area contributed by atoms with Crippen molar-refractivity contribution in [2.24, 2.45) is 0 Å². The van der Waals surface area contributed by atoms with Crippen molar-refractivity contribution in [3.8, 4) is 0 Å². The molecule has 1 unspecified atom stereocenters. The van der Waals surface area contributed by atoms with E-state index in [1.54, 1.807) is 11.3 Å². The van der Waals surface area contributed by atoms with Gasteiger partial charge in [-0.1, -0.05) is 6.92 Å². The summed E-state index contributed by atoms with van der Waals surface area (Å²) in [5.41, 5.74) is 1.56. The first-order valence-corrected chi connectivity index (χ1v) is 7.59. The van der Waals surface area contributed by atoms with E-state index in [0.29, 0.717) is 5.56 Å². The SMILES string of the molecule is CCCNC(c1cc(C)c(C)s1)c1cc(F)ccc1F. The molecule has 108 valence electrons. The summed E-state index contributed by atoms with van der Waals surface area (Å²) in [7, 11) is 0. The van der Waals surface area contributed by atoms with Crippen LogP contribution in [0, 0.1) is 25.5 Å². The number of rotatable bonds is 5. The van der Waals surface area contributed by atoms with E-state index >= 15 is 0 Å². The van der Waals surface area contributed by atoms with E-state index in [1.165, 1.54) is 22.6 Å². The minimum Gasteiger partial charge on any atom is -0.306 e. The number of thiophene rings is 1. The highest BCUT2D eigenvalue weighted by molar-refractivity contribution is 7.12. The van der Waals surface area contributed by atoms with E-state index in [9.17, 15) is 8.78 Å². The third-order valence-electron chi connectivity index (χ3n) is 3.34. The van der Waals surface area contributed by atoms with Crippen molar-refractivity contribution in [3.63, 3.8) is 0 Å². The molecule has 0 fully saturated rings. The molecule has 0 saturated carbocycles. The molecule has 2 rings (SSSR count). The molecule has 0 saturated heterocycles. The molecule has 0 bridgehead atoms. The summed E-state index contributed by atoms with van der Waals surface area (Å²) in [6.07, 6.45) is 0.941. The lowest BCUT2D eigenvalue weighted by atomic mass is 10.0. The van der Waals surface area contributed by atoms with E-state index in [0.717, 1.165) is 23.9 Å². The highest BCUT2D eigenvalue weighted by atomic mass is 32.1. The Balaban J connectivity index is 2.43. The van der Waals surface area contributed by atoms with Crippen molar-refractivity contribution in [2.75, 3.05) is 6.54 Å². The fourth-order valence-corrected chi connectivity index (χ4v) is 3.27. The van der Waals surface area contributed by atoms with Crippen LogP contribution >= 0.6 is 11.3 Å². The average Bonchev–Trinajstić information content (AvgIpc) is 2.74. The first-order chi connectivity index (χ1) is 9.52. The zero-order valence-corrected chi connectivity index (χ0v) is 12.8. The standard InChI is InChI=1S/C16H19F2NS/c1-4-7-19-16(15-8-10(2)11(3)20-15)13-9-12(17)5-6-14(13)18/h5-6,8-9,16,19H,4,7H2,1-3H3. The van der Waals surface area contributed by atoms with Crippen molar-refractivity contribution in [2.45, 2.75) is 33.2 Å². The van der Waals surface area contributed by atoms with Crippen LogP contribution < -0.4 is 5.32 Å². The van der Waals surface area contributed by atoms with Gasteiger partial charge in [0.25, 0.3) is 0 Å². The monoisotopic (exact) mass is 295 g/mol. The first-order valence-electron chi connectivity index (χ1n) is 6.78. The molecule has 1 atom stereocenters. The highest BCUT2D eigenvalue weighted by Crippen LogP contribution is 2.32. The molecule has 1 heterocycles. The fraction of sp³-hybridized carbons (Fsp3) is 0.375. The minimum atomic E-state index is -0.408. The molecule has 0 aliphatic rings. The normalized spacial score (nSPS) is 12.7. The van der Waals surface area contributed by atoms with E-state index in [4.69, 9.17) is 0 Å². The van der Waals surface area contributed by atoms with Crippen LogP contribution in [0.5, 0.6) is 0 Å². The maximum absolute atomic E-state index is 14.0. The molecule has 1 N–H and O–H groups in total. The zero-order chi connectivity index (χ0) is 14.7. The fourth-order valence-electron chi connectivity index (χ4n) is 2.13. The predicted octanol–water partition coefficient (Wildman–Crippen LogP) is 4.73. The largest absolute Gasteiger partial charge is 0.306 e. The van der Waals surface area contributed by atoms with Gasteiger partial charge < -0.3 is 5.32 Å². The zero-order valence-electron chi connectivity index (χ0n) is 12.0. The van der Waals surface area contributed by atoms with Crippen LogP contribution in [0.15, 0.2) is 24.3 Å². The average molecular weight is 295 g/mol. The molecule has 2 aromatic rings. The topological polar surface area (TPSA) is 12.0 Å². The smallest absolute Gasteiger partial charge is 0.128 e. The van der Waals surface area contributed by atoms with Gasteiger partial charge in [0, 0.05) is 15.3 Å². The molecule has 0 radical (unpaired) electrons. The Kier molecular flexibility index (Phi) is 4.89. The molecule has 20 heavy (non-hydrogen) atoms. The maximum atomic E-state index is 14.0. The number of hydrogen-bond donors (Lipinski definition) is 1. The van der Waals surface area contributed by atoms with Crippen molar-refractivity contribution in [1.29, 1.82) is 0 Å². The highest BCUT2D eigenvalue weighted by Gasteiger charge is 2.20. The number of nitrogens with one attached hydrogen (secondary N) is 1. The van der Waals surface area contributed by atoms with Gasteiger partial charge >= 0.3 is 0 Å². The molecule has 0 spiro atoms. The Bertz CT molecular complexity index is 573. The lowest BCUT2D eigenvalue weighted by Crippen LogP contribution is -2.23. The van der Waals surface area contributed by atoms with Crippen LogP contribution in [0.1, 0.15) is 40.3 Å². The lowest BCUT2D eigenvalue weighted by molar-refractivity contribution is 0.539. The van der Waals surface area contributed by atoms with Crippen LogP contribution in [0.2, 0.25) is 0 Å². The second-order valence-corrected chi connectivity index (χ2v) is 6.23. The molecule has 4 heteroatoms. The Morgan fingerprint density at radius 2 is 1.95 bits per heavy atom. The summed E-state index contributed by atoms with van der Waals surface area (Å²) in [6.45, 7) is 6.89. The van der Waals surface area contributed by atoms with Gasteiger partial charge in [-0.3, -0.25) is 0 Å². The second-order valence-electron chi connectivity index (χ2n) is 4.94. The number of aryl methyl sites for hydroxylation is 2. The number of hydrogen-bond acceptors (Lipinski definition) is 2. The summed E-state index contributed by atoms with van der Waals surface area (Å²) in [5, 5.41) is 3.31. The van der Waals surface area contributed by atoms with E-state index in [2.05, 4.69) is 18.3 Å². The Labute approximate surface area is 122 Å². The molecule has 0 aliphatic carbocycles. The Morgan fingerprint density at radius 1 is 1.20 bits per heavy atom. The van der Waals surface area contributed by atoms with Gasteiger partial charge in [0.15, 0.2) is 0 Å². The summed E-state index contributed by atoms with van der Waals surface area (Å²) >= 11 is 1.63. The van der Waals surface area contributed by atoms with Gasteiger partial charge in [-0.15, -0.1) is 11.3 Å². The van der Waals surface area contributed by atoms with Crippen LogP contribution in [-0.2, 0) is 0 Å². The minimum absolute atomic E-state index is 0.289. The third kappa shape index (κ3) is 3.25. The maximum Gasteiger partial charge on any atom is 0.128 e. The molecule has 1 aromatic carbocycles. The van der Waals surface area contributed by atoms with Gasteiger partial charge in [0.2, 0.25) is 0 Å². The van der Waals surface area contributed by atoms with E-state index in [-0.39, 0.29) is 11.9 Å². The van der Waals surface area contributed by atoms with E-state index in [1.807, 2.05) is 13.8 Å². The van der Waals surface area contributed by atoms with Crippen molar-refractivity contribution >= 4 is 11.3 Å². The van der Waals surface area contributed by atoms with Gasteiger partial charge in [0.05, 0.1) is 6.04 Å². The molecule has 0 amide bonds. The predicted molar refractivity (Wildman–Crippen MR) is 80.3 cm³/mol. The van der Waals surface area contributed by atoms with Crippen LogP contribution in [-0.4, -0.2) is 6.54 Å². The first kappa shape index (κ1) is 15.1. The van der Waals surface area contributed by atoms with Crippen LogP contribution in [0.3, 0.4) is 0 Å². The Hall–Kier alpha value is -1.26. The van der Waals surface area contributed by atoms with Crippen molar-refractivity contribution in [1.82, 2.24) is 5.32 Å². The van der Waals surface area contributed by atoms with Gasteiger partial charge in [-0.2, -0.15) is 0 Å². The van der Waals surface area contributed by atoms with Crippen LogP contribution in [0.25, 0.3) is 0 Å². The number of benzene rings is 1. The molecule has 1 nitrogen and oxygen atoms in total. The summed E-state index contributed by atoms with van der Waals surface area (Å²) in [5.74, 6) is -0.779. The van der Waals surface area contributed by atoms with Crippen molar-refractivity contribution < 1.29 is 8.78 Å². The van der Waals surface area contributed by atoms with Crippen LogP contribution in [0.4, 0.5) is 8.78 Å². The van der Waals surface area contributed by atoms with E-state index < -0.39 is 5.82 Å². The third-order valence-corrected chi connectivity index (χ3v) is 4.55. The molecule has 0 aliphatic heterocycles. The second kappa shape index (κ2) is 6.46. The molecular weight excluding hydrogens is 276 g/mol. The summed E-state index contributed by atoms with van der Waals surface area (Å²) in [6, 6.07) is 5.40. The quantitative estimate of drug-likeness (QED) is 0.840. The summed E-state index contributed by atoms with van der Waals surface area (Å²) < 4.78 is 27.5. The lowest BCUT2D eigenvalue weighted by Gasteiger charge is -2.18. The Morgan fingerprint density at radius 3 is 2.55 bits per heavy atom. The number of halogens is 2. The molecular formula is C16H19F2NS. The van der Waals surface area contributed by atoms with Gasteiger partial charge in [-0.25, -0.2) is 8.78 Å². The van der Waals surface area contributed by atoms with Gasteiger partial charge in [0.1, 0.15) is 11.6 Å². The molecule has 1 aromatic heterocycles.